The summed E-state index contributed by atoms with van der Waals surface area (Å²) >= 11 is 0. The van der Waals surface area contributed by atoms with Crippen molar-refractivity contribution in [2.75, 3.05) is 11.6 Å². The number of para-hydroxylation sites is 1. The highest BCUT2D eigenvalue weighted by molar-refractivity contribution is 6.31. The number of ether oxygens (including phenoxy) is 1. The van der Waals surface area contributed by atoms with Crippen LogP contribution in [-0.2, 0) is 14.4 Å². The zero-order valence-electron chi connectivity index (χ0n) is 14.3. The molecule has 2 aromatic carbocycles. The van der Waals surface area contributed by atoms with E-state index in [9.17, 15) is 24.5 Å². The van der Waals surface area contributed by atoms with Crippen molar-refractivity contribution in [2.24, 2.45) is 5.73 Å². The summed E-state index contributed by atoms with van der Waals surface area (Å²) in [6.07, 6.45) is 1.24. The maximum atomic E-state index is 12.5. The third-order valence-corrected chi connectivity index (χ3v) is 3.77. The van der Waals surface area contributed by atoms with Crippen LogP contribution in [0.25, 0.3) is 6.08 Å². The van der Waals surface area contributed by atoms with Crippen LogP contribution in [0.4, 0.5) is 11.4 Å². The van der Waals surface area contributed by atoms with Crippen LogP contribution in [0, 0.1) is 10.1 Å². The minimum atomic E-state index is -0.783. The summed E-state index contributed by atoms with van der Waals surface area (Å²) in [7, 11) is 0. The van der Waals surface area contributed by atoms with E-state index < -0.39 is 34.9 Å². The third kappa shape index (κ3) is 3.80. The largest absolute Gasteiger partial charge is 0.477 e. The minimum absolute atomic E-state index is 0.154. The summed E-state index contributed by atoms with van der Waals surface area (Å²) in [6.45, 7) is -0.520. The molecule has 1 fully saturated rings. The molecule has 3 N–H and O–H groups in total. The van der Waals surface area contributed by atoms with Gasteiger partial charge in [-0.15, -0.1) is 0 Å². The van der Waals surface area contributed by atoms with Gasteiger partial charge in [-0.25, -0.2) is 5.01 Å². The van der Waals surface area contributed by atoms with Crippen LogP contribution >= 0.6 is 0 Å². The predicted molar refractivity (Wildman–Crippen MR) is 97.8 cm³/mol. The number of nitro benzene ring substituents is 1. The highest BCUT2D eigenvalue weighted by Gasteiger charge is 2.34. The molecule has 10 heteroatoms. The number of nitrogens with two attached hydrogens (primary N) is 1. The van der Waals surface area contributed by atoms with Crippen molar-refractivity contribution < 1.29 is 24.0 Å². The van der Waals surface area contributed by atoms with Crippen LogP contribution in [-0.4, -0.2) is 29.3 Å². The molecule has 10 nitrogen and oxygen atoms in total. The van der Waals surface area contributed by atoms with Crippen molar-refractivity contribution in [2.45, 2.75) is 0 Å². The van der Waals surface area contributed by atoms with Crippen molar-refractivity contribution in [3.8, 4) is 5.75 Å². The SMILES string of the molecule is NC(=O)COc1ccc(C=C2C(=O)NN(c3ccccc3)C2=O)cc1[N+](=O)[O-]. The van der Waals surface area contributed by atoms with E-state index in [0.717, 1.165) is 11.1 Å². The monoisotopic (exact) mass is 382 g/mol. The van der Waals surface area contributed by atoms with Gasteiger partial charge < -0.3 is 10.5 Å². The van der Waals surface area contributed by atoms with Gasteiger partial charge in [-0.05, 0) is 29.8 Å². The summed E-state index contributed by atoms with van der Waals surface area (Å²) in [5.74, 6) is -2.16. The molecule has 0 aromatic heterocycles. The molecule has 0 aliphatic carbocycles. The summed E-state index contributed by atoms with van der Waals surface area (Å²) in [5.41, 5.74) is 7.52. The van der Waals surface area contributed by atoms with E-state index in [0.29, 0.717) is 5.69 Å². The highest BCUT2D eigenvalue weighted by atomic mass is 16.6. The van der Waals surface area contributed by atoms with Gasteiger partial charge in [-0.1, -0.05) is 24.3 Å². The second-order valence-corrected chi connectivity index (χ2v) is 5.71. The van der Waals surface area contributed by atoms with Gasteiger partial charge in [0.05, 0.1) is 10.6 Å². The predicted octanol–water partition coefficient (Wildman–Crippen LogP) is 0.920. The number of benzene rings is 2. The van der Waals surface area contributed by atoms with E-state index in [2.05, 4.69) is 5.43 Å². The molecule has 2 aromatic rings. The van der Waals surface area contributed by atoms with Gasteiger partial charge in [0.2, 0.25) is 0 Å². The molecule has 1 aliphatic rings. The number of carbonyl (C=O) groups is 3. The second-order valence-electron chi connectivity index (χ2n) is 5.71. The Hall–Kier alpha value is -4.21. The van der Waals surface area contributed by atoms with Gasteiger partial charge in [-0.2, -0.15) is 0 Å². The highest BCUT2D eigenvalue weighted by Crippen LogP contribution is 2.29. The third-order valence-electron chi connectivity index (χ3n) is 3.77. The van der Waals surface area contributed by atoms with E-state index in [1.807, 2.05) is 0 Å². The molecule has 3 rings (SSSR count). The van der Waals surface area contributed by atoms with Crippen molar-refractivity contribution in [1.82, 2.24) is 5.43 Å². The van der Waals surface area contributed by atoms with Gasteiger partial charge in [0.15, 0.2) is 12.4 Å². The van der Waals surface area contributed by atoms with E-state index >= 15 is 0 Å². The molecular formula is C18H14N4O6. The first-order valence-electron chi connectivity index (χ1n) is 7.98. The smallest absolute Gasteiger partial charge is 0.311 e. The Balaban J connectivity index is 1.91. The van der Waals surface area contributed by atoms with Crippen LogP contribution in [0.2, 0.25) is 0 Å². The number of amides is 3. The lowest BCUT2D eigenvalue weighted by Crippen LogP contribution is -2.35. The van der Waals surface area contributed by atoms with Crippen LogP contribution < -0.4 is 20.9 Å². The minimum Gasteiger partial charge on any atom is -0.477 e. The molecule has 0 saturated carbocycles. The van der Waals surface area contributed by atoms with Gasteiger partial charge in [0.25, 0.3) is 17.7 Å². The molecule has 0 spiro atoms. The summed E-state index contributed by atoms with van der Waals surface area (Å²) in [5, 5.41) is 12.3. The molecule has 0 bridgehead atoms. The molecule has 0 radical (unpaired) electrons. The average molecular weight is 382 g/mol. The Labute approximate surface area is 158 Å². The lowest BCUT2D eigenvalue weighted by molar-refractivity contribution is -0.385. The van der Waals surface area contributed by atoms with Gasteiger partial charge >= 0.3 is 5.69 Å². The summed E-state index contributed by atoms with van der Waals surface area (Å²) in [4.78, 5) is 46.1. The van der Waals surface area contributed by atoms with E-state index in [-0.39, 0.29) is 16.9 Å². The molecule has 28 heavy (non-hydrogen) atoms. The number of hydrazine groups is 1. The maximum absolute atomic E-state index is 12.5. The fraction of sp³-hybridized carbons (Fsp3) is 0.0556. The Morgan fingerprint density at radius 2 is 1.93 bits per heavy atom. The molecule has 142 valence electrons. The van der Waals surface area contributed by atoms with Gasteiger partial charge in [0.1, 0.15) is 5.57 Å². The number of nitrogens with one attached hydrogen (secondary N) is 1. The second kappa shape index (κ2) is 7.58. The summed E-state index contributed by atoms with van der Waals surface area (Å²) < 4.78 is 5.01. The molecule has 1 aliphatic heterocycles. The van der Waals surface area contributed by atoms with Crippen LogP contribution in [0.1, 0.15) is 5.56 Å². The van der Waals surface area contributed by atoms with Crippen LogP contribution in [0.5, 0.6) is 5.75 Å². The number of primary amides is 1. The van der Waals surface area contributed by atoms with Crippen molar-refractivity contribution >= 4 is 35.2 Å². The zero-order chi connectivity index (χ0) is 20.3. The molecule has 1 heterocycles. The Kier molecular flexibility index (Phi) is 5.03. The van der Waals surface area contributed by atoms with Crippen LogP contribution in [0.3, 0.4) is 0 Å². The number of anilines is 1. The Morgan fingerprint density at radius 3 is 2.57 bits per heavy atom. The number of hydrogen-bond acceptors (Lipinski definition) is 6. The molecule has 0 unspecified atom stereocenters. The topological polar surface area (TPSA) is 145 Å². The Bertz CT molecular complexity index is 1000. The standard InChI is InChI=1S/C18H14N4O6/c19-16(23)10-28-15-7-6-11(9-14(15)22(26)27)8-13-17(24)20-21(18(13)25)12-4-2-1-3-5-12/h1-9H,10H2,(H2,19,23)(H,20,24). The van der Waals surface area contributed by atoms with E-state index in [1.54, 1.807) is 30.3 Å². The van der Waals surface area contributed by atoms with Gasteiger partial charge in [-0.3, -0.25) is 29.9 Å². The molecule has 0 atom stereocenters. The first-order valence-corrected chi connectivity index (χ1v) is 7.98. The number of nitrogens with zero attached hydrogens (tertiary/aromatic N) is 2. The first-order chi connectivity index (χ1) is 13.4. The van der Waals surface area contributed by atoms with Crippen molar-refractivity contribution in [3.63, 3.8) is 0 Å². The lowest BCUT2D eigenvalue weighted by Gasteiger charge is -2.13. The molecule has 3 amide bonds. The van der Waals surface area contributed by atoms with Crippen LogP contribution in [0.15, 0.2) is 54.1 Å². The zero-order valence-corrected chi connectivity index (χ0v) is 14.3. The van der Waals surface area contributed by atoms with E-state index in [4.69, 9.17) is 10.5 Å². The fourth-order valence-electron chi connectivity index (χ4n) is 2.52. The van der Waals surface area contributed by atoms with Gasteiger partial charge in [0, 0.05) is 6.07 Å². The van der Waals surface area contributed by atoms with Crippen molar-refractivity contribution in [1.29, 1.82) is 0 Å². The fourth-order valence-corrected chi connectivity index (χ4v) is 2.52. The normalized spacial score (nSPS) is 14.9. The number of carbonyl (C=O) groups excluding carboxylic acids is 3. The molecular weight excluding hydrogens is 368 g/mol. The van der Waals surface area contributed by atoms with E-state index in [1.165, 1.54) is 18.2 Å². The number of hydrogen-bond donors (Lipinski definition) is 2. The molecule has 1 saturated heterocycles. The van der Waals surface area contributed by atoms with Crippen molar-refractivity contribution in [3.05, 3.63) is 69.8 Å². The summed E-state index contributed by atoms with van der Waals surface area (Å²) in [6, 6.07) is 12.3. The quantitative estimate of drug-likeness (QED) is 0.329. The lowest BCUT2D eigenvalue weighted by atomic mass is 10.1. The Morgan fingerprint density at radius 1 is 1.21 bits per heavy atom. The first kappa shape index (κ1) is 18.6. The number of nitro groups is 1. The number of rotatable bonds is 6. The maximum Gasteiger partial charge on any atom is 0.311 e. The average Bonchev–Trinajstić information content (AvgIpc) is 2.95.